The molecular formula is C8H10N4OS. The van der Waals surface area contributed by atoms with Crippen LogP contribution < -0.4 is 11.3 Å². The molecule has 5 nitrogen and oxygen atoms in total. The van der Waals surface area contributed by atoms with Crippen LogP contribution in [0.1, 0.15) is 17.5 Å². The second-order valence-corrected chi connectivity index (χ2v) is 3.39. The maximum Gasteiger partial charge on any atom is 0.105 e. The minimum Gasteiger partial charge on any atom is -0.469 e. The minimum absolute atomic E-state index is 0.0418. The molecule has 2 heterocycles. The smallest absolute Gasteiger partial charge is 0.105 e. The Labute approximate surface area is 85.2 Å². The molecule has 2 rings (SSSR count). The third-order valence-corrected chi connectivity index (χ3v) is 2.41. The van der Waals surface area contributed by atoms with Gasteiger partial charge in [-0.15, -0.1) is 0 Å². The first-order chi connectivity index (χ1) is 6.90. The Bertz CT molecular complexity index is 359. The molecule has 3 N–H and O–H groups in total. The van der Waals surface area contributed by atoms with Gasteiger partial charge in [-0.1, -0.05) is 0 Å². The van der Waals surface area contributed by atoms with Crippen LogP contribution in [0.5, 0.6) is 0 Å². The first-order valence-electron chi connectivity index (χ1n) is 4.16. The van der Waals surface area contributed by atoms with Crippen LogP contribution in [0.4, 0.5) is 0 Å². The Morgan fingerprint density at radius 3 is 3.14 bits per heavy atom. The zero-order valence-electron chi connectivity index (χ0n) is 7.38. The number of nitrogens with two attached hydrogens (primary N) is 1. The van der Waals surface area contributed by atoms with Crippen LogP contribution in [-0.2, 0) is 6.42 Å². The van der Waals surface area contributed by atoms with Crippen LogP contribution in [0, 0.1) is 0 Å². The van der Waals surface area contributed by atoms with Crippen molar-refractivity contribution in [1.82, 2.24) is 14.2 Å². The van der Waals surface area contributed by atoms with E-state index in [1.807, 2.05) is 12.1 Å². The SMILES string of the molecule is NNC(Cc1ccco1)c1cnsn1. The molecule has 0 saturated heterocycles. The van der Waals surface area contributed by atoms with E-state index in [-0.39, 0.29) is 6.04 Å². The highest BCUT2D eigenvalue weighted by molar-refractivity contribution is 6.99. The maximum absolute atomic E-state index is 5.43. The largest absolute Gasteiger partial charge is 0.469 e. The number of aromatic nitrogens is 2. The summed E-state index contributed by atoms with van der Waals surface area (Å²) >= 11 is 1.17. The summed E-state index contributed by atoms with van der Waals surface area (Å²) in [6.07, 6.45) is 4.02. The number of hydrogen-bond acceptors (Lipinski definition) is 6. The number of hydrogen-bond donors (Lipinski definition) is 2. The molecule has 0 spiro atoms. The molecule has 0 radical (unpaired) electrons. The van der Waals surface area contributed by atoms with E-state index in [1.54, 1.807) is 12.5 Å². The molecule has 0 bridgehead atoms. The van der Waals surface area contributed by atoms with Crippen LogP contribution in [0.25, 0.3) is 0 Å². The monoisotopic (exact) mass is 210 g/mol. The molecule has 0 aliphatic carbocycles. The first kappa shape index (κ1) is 9.32. The van der Waals surface area contributed by atoms with Crippen LogP contribution in [-0.4, -0.2) is 8.75 Å². The second-order valence-electron chi connectivity index (χ2n) is 2.84. The van der Waals surface area contributed by atoms with Crippen LogP contribution in [0.15, 0.2) is 29.0 Å². The molecule has 74 valence electrons. The predicted octanol–water partition coefficient (Wildman–Crippen LogP) is 0.878. The van der Waals surface area contributed by atoms with Gasteiger partial charge in [-0.25, -0.2) is 0 Å². The lowest BCUT2D eigenvalue weighted by Crippen LogP contribution is -2.29. The van der Waals surface area contributed by atoms with Crippen molar-refractivity contribution in [3.63, 3.8) is 0 Å². The van der Waals surface area contributed by atoms with E-state index in [0.717, 1.165) is 11.5 Å². The summed E-state index contributed by atoms with van der Waals surface area (Å²) in [4.78, 5) is 0. The van der Waals surface area contributed by atoms with Gasteiger partial charge >= 0.3 is 0 Å². The summed E-state index contributed by atoms with van der Waals surface area (Å²) in [6, 6.07) is 3.71. The molecule has 14 heavy (non-hydrogen) atoms. The molecule has 0 amide bonds. The average molecular weight is 210 g/mol. The Morgan fingerprint density at radius 1 is 1.64 bits per heavy atom. The zero-order valence-corrected chi connectivity index (χ0v) is 8.20. The Balaban J connectivity index is 2.08. The maximum atomic E-state index is 5.43. The van der Waals surface area contributed by atoms with Crippen molar-refractivity contribution in [3.05, 3.63) is 36.0 Å². The summed E-state index contributed by atoms with van der Waals surface area (Å²) in [7, 11) is 0. The fraction of sp³-hybridized carbons (Fsp3) is 0.250. The van der Waals surface area contributed by atoms with Crippen molar-refractivity contribution in [1.29, 1.82) is 0 Å². The Hall–Kier alpha value is -1.24. The molecule has 0 saturated carbocycles. The predicted molar refractivity (Wildman–Crippen MR) is 52.4 cm³/mol. The standard InChI is InChI=1S/C8H10N4OS/c9-11-7(8-5-10-14-12-8)4-6-2-1-3-13-6/h1-3,5,7,11H,4,9H2. The number of furan rings is 1. The molecule has 1 atom stereocenters. The van der Waals surface area contributed by atoms with E-state index in [1.165, 1.54) is 11.7 Å². The molecule has 0 aromatic carbocycles. The van der Waals surface area contributed by atoms with Gasteiger partial charge in [-0.3, -0.25) is 11.3 Å². The lowest BCUT2D eigenvalue weighted by atomic mass is 10.1. The van der Waals surface area contributed by atoms with E-state index < -0.39 is 0 Å². The molecule has 1 unspecified atom stereocenters. The lowest BCUT2D eigenvalue weighted by Gasteiger charge is -2.10. The summed E-state index contributed by atoms with van der Waals surface area (Å²) in [5, 5.41) is 0. The molecule has 0 fully saturated rings. The Morgan fingerprint density at radius 2 is 2.57 bits per heavy atom. The summed E-state index contributed by atoms with van der Waals surface area (Å²) < 4.78 is 13.3. The van der Waals surface area contributed by atoms with Gasteiger partial charge in [0.05, 0.1) is 35.9 Å². The molecule has 0 aliphatic heterocycles. The van der Waals surface area contributed by atoms with Gasteiger partial charge < -0.3 is 4.42 Å². The molecular weight excluding hydrogens is 200 g/mol. The van der Waals surface area contributed by atoms with E-state index >= 15 is 0 Å². The summed E-state index contributed by atoms with van der Waals surface area (Å²) in [5.74, 6) is 6.30. The van der Waals surface area contributed by atoms with Gasteiger partial charge in [-0.2, -0.15) is 8.75 Å². The highest BCUT2D eigenvalue weighted by atomic mass is 32.1. The van der Waals surface area contributed by atoms with Gasteiger partial charge in [0, 0.05) is 6.42 Å². The van der Waals surface area contributed by atoms with E-state index in [0.29, 0.717) is 6.42 Å². The third kappa shape index (κ3) is 1.98. The van der Waals surface area contributed by atoms with Crippen molar-refractivity contribution in [2.45, 2.75) is 12.5 Å². The zero-order chi connectivity index (χ0) is 9.80. The summed E-state index contributed by atoms with van der Waals surface area (Å²) in [6.45, 7) is 0. The molecule has 2 aromatic rings. The van der Waals surface area contributed by atoms with Crippen LogP contribution in [0.3, 0.4) is 0 Å². The summed E-state index contributed by atoms with van der Waals surface area (Å²) in [5.41, 5.74) is 3.53. The van der Waals surface area contributed by atoms with E-state index in [9.17, 15) is 0 Å². The van der Waals surface area contributed by atoms with Crippen molar-refractivity contribution < 1.29 is 4.42 Å². The van der Waals surface area contributed by atoms with Crippen molar-refractivity contribution in [2.75, 3.05) is 0 Å². The minimum atomic E-state index is -0.0418. The first-order valence-corrected chi connectivity index (χ1v) is 4.89. The quantitative estimate of drug-likeness (QED) is 0.578. The topological polar surface area (TPSA) is 77.0 Å². The normalized spacial score (nSPS) is 12.9. The number of rotatable bonds is 4. The molecule has 0 aliphatic rings. The highest BCUT2D eigenvalue weighted by Gasteiger charge is 2.14. The van der Waals surface area contributed by atoms with Crippen molar-refractivity contribution in [2.24, 2.45) is 5.84 Å². The van der Waals surface area contributed by atoms with Crippen molar-refractivity contribution in [3.8, 4) is 0 Å². The number of nitrogens with one attached hydrogen (secondary N) is 1. The van der Waals surface area contributed by atoms with Gasteiger partial charge in [0.25, 0.3) is 0 Å². The van der Waals surface area contributed by atoms with Gasteiger partial charge in [-0.05, 0) is 12.1 Å². The average Bonchev–Trinajstić information content (AvgIpc) is 2.86. The molecule has 2 aromatic heterocycles. The second kappa shape index (κ2) is 4.32. The highest BCUT2D eigenvalue weighted by Crippen LogP contribution is 2.15. The lowest BCUT2D eigenvalue weighted by molar-refractivity contribution is 0.451. The fourth-order valence-corrected chi connectivity index (χ4v) is 1.68. The molecule has 6 heteroatoms. The van der Waals surface area contributed by atoms with E-state index in [4.69, 9.17) is 10.3 Å². The van der Waals surface area contributed by atoms with Gasteiger partial charge in [0.2, 0.25) is 0 Å². The van der Waals surface area contributed by atoms with Crippen LogP contribution in [0.2, 0.25) is 0 Å². The number of nitrogens with zero attached hydrogens (tertiary/aromatic N) is 2. The Kier molecular flexibility index (Phi) is 2.87. The van der Waals surface area contributed by atoms with Crippen molar-refractivity contribution >= 4 is 11.7 Å². The fourth-order valence-electron chi connectivity index (χ4n) is 1.20. The number of hydrazine groups is 1. The third-order valence-electron chi connectivity index (χ3n) is 1.92. The van der Waals surface area contributed by atoms with Gasteiger partial charge in [0.15, 0.2) is 0 Å². The van der Waals surface area contributed by atoms with Crippen LogP contribution >= 0.6 is 11.7 Å². The van der Waals surface area contributed by atoms with Gasteiger partial charge in [0.1, 0.15) is 5.76 Å². The van der Waals surface area contributed by atoms with E-state index in [2.05, 4.69) is 14.2 Å².